The highest BCUT2D eigenvalue weighted by molar-refractivity contribution is 9.10. The monoisotopic (exact) mass is 348 g/mol. The molecule has 0 aliphatic carbocycles. The zero-order valence-corrected chi connectivity index (χ0v) is 13.4. The van der Waals surface area contributed by atoms with Gasteiger partial charge in [-0.15, -0.1) is 0 Å². The lowest BCUT2D eigenvalue weighted by molar-refractivity contribution is 0.0732. The number of benzene rings is 1. The Labute approximate surface area is 132 Å². The minimum absolute atomic E-state index is 0.0397. The number of carbonyl (C=O) groups excluding carboxylic acids is 1. The molecule has 0 spiro atoms. The third-order valence-corrected chi connectivity index (χ3v) is 4.59. The Morgan fingerprint density at radius 2 is 2.29 bits per heavy atom. The summed E-state index contributed by atoms with van der Waals surface area (Å²) in [5.74, 6) is 0.732. The number of rotatable bonds is 3. The zero-order chi connectivity index (χ0) is 14.8. The van der Waals surface area contributed by atoms with Crippen LogP contribution in [-0.4, -0.2) is 29.4 Å². The molecule has 1 aliphatic rings. The number of nitrogens with one attached hydrogen (secondary N) is 1. The molecule has 1 unspecified atom stereocenters. The maximum absolute atomic E-state index is 12.9. The van der Waals surface area contributed by atoms with E-state index in [4.69, 9.17) is 4.74 Å². The molecular formula is C16H17BrN2O2. The first-order valence-electron chi connectivity index (χ1n) is 6.98. The van der Waals surface area contributed by atoms with Crippen molar-refractivity contribution in [1.29, 1.82) is 0 Å². The van der Waals surface area contributed by atoms with Crippen molar-refractivity contribution in [3.05, 3.63) is 52.3 Å². The van der Waals surface area contributed by atoms with Gasteiger partial charge in [0.25, 0.3) is 5.91 Å². The molecule has 5 heteroatoms. The van der Waals surface area contributed by atoms with Gasteiger partial charge in [-0.1, -0.05) is 0 Å². The number of methoxy groups -OCH3 is 1. The van der Waals surface area contributed by atoms with Crippen LogP contribution in [0.25, 0.3) is 0 Å². The lowest BCUT2D eigenvalue weighted by Crippen LogP contribution is -2.31. The Balaban J connectivity index is 1.91. The lowest BCUT2D eigenvalue weighted by Gasteiger charge is -2.24. The van der Waals surface area contributed by atoms with E-state index in [0.29, 0.717) is 11.3 Å². The third-order valence-electron chi connectivity index (χ3n) is 3.90. The van der Waals surface area contributed by atoms with Gasteiger partial charge >= 0.3 is 0 Å². The van der Waals surface area contributed by atoms with Crippen LogP contribution in [0.5, 0.6) is 5.75 Å². The van der Waals surface area contributed by atoms with E-state index in [-0.39, 0.29) is 11.9 Å². The standard InChI is InChI=1S/C16H17BrN2O2/c1-21-11-6-7-13(17)12(10-11)16(20)19-9-3-5-15(19)14-4-2-8-18-14/h2,4,6-8,10,15,18H,3,5,9H2,1H3. The molecule has 2 aromatic rings. The van der Waals surface area contributed by atoms with E-state index in [1.165, 1.54) is 0 Å². The Morgan fingerprint density at radius 1 is 1.43 bits per heavy atom. The number of carbonyl (C=O) groups is 1. The van der Waals surface area contributed by atoms with Gasteiger partial charge in [-0.05, 0) is 59.1 Å². The lowest BCUT2D eigenvalue weighted by atomic mass is 10.1. The van der Waals surface area contributed by atoms with Crippen LogP contribution in [0.15, 0.2) is 41.0 Å². The molecule has 2 heterocycles. The van der Waals surface area contributed by atoms with Crippen molar-refractivity contribution < 1.29 is 9.53 Å². The van der Waals surface area contributed by atoms with Gasteiger partial charge in [0.1, 0.15) is 5.75 Å². The van der Waals surface area contributed by atoms with E-state index in [0.717, 1.165) is 29.6 Å². The van der Waals surface area contributed by atoms with Crippen molar-refractivity contribution in [3.63, 3.8) is 0 Å². The zero-order valence-electron chi connectivity index (χ0n) is 11.8. The van der Waals surface area contributed by atoms with Gasteiger partial charge in [-0.3, -0.25) is 4.79 Å². The van der Waals surface area contributed by atoms with Crippen LogP contribution >= 0.6 is 15.9 Å². The normalized spacial score (nSPS) is 18.0. The summed E-state index contributed by atoms with van der Waals surface area (Å²) in [4.78, 5) is 18.0. The minimum atomic E-state index is 0.0397. The predicted molar refractivity (Wildman–Crippen MR) is 84.5 cm³/mol. The van der Waals surface area contributed by atoms with Gasteiger partial charge in [-0.25, -0.2) is 0 Å². The fourth-order valence-corrected chi connectivity index (χ4v) is 3.25. The van der Waals surface area contributed by atoms with Crippen molar-refractivity contribution >= 4 is 21.8 Å². The summed E-state index contributed by atoms with van der Waals surface area (Å²) < 4.78 is 6.02. The summed E-state index contributed by atoms with van der Waals surface area (Å²) in [5, 5.41) is 0. The molecule has 21 heavy (non-hydrogen) atoms. The molecule has 1 aliphatic heterocycles. The Bertz CT molecular complexity index is 640. The van der Waals surface area contributed by atoms with Gasteiger partial charge in [0, 0.05) is 22.9 Å². The van der Waals surface area contributed by atoms with Crippen LogP contribution in [0.2, 0.25) is 0 Å². The highest BCUT2D eigenvalue weighted by atomic mass is 79.9. The van der Waals surface area contributed by atoms with Crippen molar-refractivity contribution in [2.75, 3.05) is 13.7 Å². The summed E-state index contributed by atoms with van der Waals surface area (Å²) in [6, 6.07) is 9.62. The Kier molecular flexibility index (Phi) is 4.01. The van der Waals surface area contributed by atoms with Crippen molar-refractivity contribution in [3.8, 4) is 5.75 Å². The molecule has 4 nitrogen and oxygen atoms in total. The first-order chi connectivity index (χ1) is 10.2. The van der Waals surface area contributed by atoms with Gasteiger partial charge in [0.05, 0.1) is 18.7 Å². The minimum Gasteiger partial charge on any atom is -0.497 e. The van der Waals surface area contributed by atoms with Gasteiger partial charge in [0.2, 0.25) is 0 Å². The average Bonchev–Trinajstić information content (AvgIpc) is 3.17. The number of hydrogen-bond donors (Lipinski definition) is 1. The fraction of sp³-hybridized carbons (Fsp3) is 0.312. The predicted octanol–water partition coefficient (Wildman–Crippen LogP) is 3.76. The molecule has 1 atom stereocenters. The number of likely N-dealkylation sites (tertiary alicyclic amines) is 1. The molecule has 1 amide bonds. The van der Waals surface area contributed by atoms with Crippen LogP contribution < -0.4 is 4.74 Å². The largest absolute Gasteiger partial charge is 0.497 e. The second-order valence-corrected chi connectivity index (χ2v) is 5.98. The highest BCUT2D eigenvalue weighted by Gasteiger charge is 2.32. The first kappa shape index (κ1) is 14.2. The molecule has 1 aromatic heterocycles. The number of H-pyrrole nitrogens is 1. The van der Waals surface area contributed by atoms with Gasteiger partial charge in [-0.2, -0.15) is 0 Å². The van der Waals surface area contributed by atoms with Gasteiger partial charge in [0.15, 0.2) is 0 Å². The van der Waals surface area contributed by atoms with Crippen molar-refractivity contribution in [2.45, 2.75) is 18.9 Å². The number of hydrogen-bond acceptors (Lipinski definition) is 2. The van der Waals surface area contributed by atoms with Crippen LogP contribution in [0.4, 0.5) is 0 Å². The third kappa shape index (κ3) is 2.70. The second kappa shape index (κ2) is 5.93. The van der Waals surface area contributed by atoms with Crippen LogP contribution in [0.1, 0.15) is 34.9 Å². The number of amides is 1. The molecule has 3 rings (SSSR count). The summed E-state index contributed by atoms with van der Waals surface area (Å²) >= 11 is 3.47. The van der Waals surface area contributed by atoms with Crippen molar-refractivity contribution in [1.82, 2.24) is 9.88 Å². The Hall–Kier alpha value is -1.75. The van der Waals surface area contributed by atoms with Crippen LogP contribution in [-0.2, 0) is 0 Å². The molecule has 110 valence electrons. The van der Waals surface area contributed by atoms with Crippen LogP contribution in [0, 0.1) is 0 Å². The number of aromatic amines is 1. The SMILES string of the molecule is COc1ccc(Br)c(C(=O)N2CCCC2c2ccc[nH]2)c1. The molecular weight excluding hydrogens is 332 g/mol. The summed E-state index contributed by atoms with van der Waals surface area (Å²) in [6.07, 6.45) is 3.92. The summed E-state index contributed by atoms with van der Waals surface area (Å²) in [7, 11) is 1.61. The van der Waals surface area contributed by atoms with E-state index >= 15 is 0 Å². The topological polar surface area (TPSA) is 45.3 Å². The number of ether oxygens (including phenoxy) is 1. The molecule has 0 bridgehead atoms. The molecule has 1 aromatic carbocycles. The number of nitrogens with zero attached hydrogens (tertiary/aromatic N) is 1. The maximum Gasteiger partial charge on any atom is 0.255 e. The second-order valence-electron chi connectivity index (χ2n) is 5.13. The van der Waals surface area contributed by atoms with E-state index in [2.05, 4.69) is 20.9 Å². The number of halogens is 1. The smallest absolute Gasteiger partial charge is 0.255 e. The van der Waals surface area contributed by atoms with E-state index in [1.54, 1.807) is 13.2 Å². The number of aromatic nitrogens is 1. The van der Waals surface area contributed by atoms with Crippen LogP contribution in [0.3, 0.4) is 0 Å². The summed E-state index contributed by atoms with van der Waals surface area (Å²) in [5.41, 5.74) is 1.74. The maximum atomic E-state index is 12.9. The van der Waals surface area contributed by atoms with Gasteiger partial charge < -0.3 is 14.6 Å². The summed E-state index contributed by atoms with van der Waals surface area (Å²) in [6.45, 7) is 0.784. The first-order valence-corrected chi connectivity index (χ1v) is 7.78. The quantitative estimate of drug-likeness (QED) is 0.917. The average molecular weight is 349 g/mol. The van der Waals surface area contributed by atoms with E-state index < -0.39 is 0 Å². The molecule has 1 N–H and O–H groups in total. The Morgan fingerprint density at radius 3 is 3.00 bits per heavy atom. The van der Waals surface area contributed by atoms with E-state index in [1.807, 2.05) is 35.4 Å². The fourth-order valence-electron chi connectivity index (χ4n) is 2.83. The van der Waals surface area contributed by atoms with Crippen molar-refractivity contribution in [2.24, 2.45) is 0 Å². The molecule has 1 saturated heterocycles. The highest BCUT2D eigenvalue weighted by Crippen LogP contribution is 2.34. The van der Waals surface area contributed by atoms with E-state index in [9.17, 15) is 4.79 Å². The molecule has 0 saturated carbocycles. The molecule has 0 radical (unpaired) electrons. The molecule has 1 fully saturated rings.